The summed E-state index contributed by atoms with van der Waals surface area (Å²) in [5, 5.41) is 4.10. The molecule has 30 heavy (non-hydrogen) atoms. The van der Waals surface area contributed by atoms with Gasteiger partial charge in [-0.25, -0.2) is 0 Å². The van der Waals surface area contributed by atoms with Gasteiger partial charge in [0.25, 0.3) is 5.91 Å². The van der Waals surface area contributed by atoms with Gasteiger partial charge in [0.15, 0.2) is 6.04 Å². The van der Waals surface area contributed by atoms with Crippen LogP contribution in [0, 0.1) is 6.92 Å². The normalized spacial score (nSPS) is 15.6. The molecule has 1 aromatic heterocycles. The SMILES string of the molecule is CCCCNC(=O)C1c2[nH]c3ccccc3c2-c2ccc(C)cc2C(=O)N1CCC. The van der Waals surface area contributed by atoms with Gasteiger partial charge in [-0.3, -0.25) is 9.59 Å². The summed E-state index contributed by atoms with van der Waals surface area (Å²) in [6.45, 7) is 7.26. The molecule has 3 aromatic rings. The average Bonchev–Trinajstić information content (AvgIpc) is 3.08. The van der Waals surface area contributed by atoms with Gasteiger partial charge < -0.3 is 15.2 Å². The van der Waals surface area contributed by atoms with E-state index < -0.39 is 6.04 Å². The molecule has 0 aliphatic carbocycles. The Morgan fingerprint density at radius 2 is 1.90 bits per heavy atom. The number of amides is 2. The summed E-state index contributed by atoms with van der Waals surface area (Å²) in [6, 6.07) is 13.4. The first kappa shape index (κ1) is 20.2. The zero-order chi connectivity index (χ0) is 21.3. The molecular weight excluding hydrogens is 374 g/mol. The lowest BCUT2D eigenvalue weighted by atomic mass is 9.95. The third-order valence-corrected chi connectivity index (χ3v) is 5.80. The molecule has 156 valence electrons. The van der Waals surface area contributed by atoms with E-state index in [0.717, 1.165) is 52.5 Å². The van der Waals surface area contributed by atoms with E-state index in [4.69, 9.17) is 0 Å². The summed E-state index contributed by atoms with van der Waals surface area (Å²) < 4.78 is 0. The van der Waals surface area contributed by atoms with Crippen molar-refractivity contribution in [3.05, 3.63) is 59.3 Å². The van der Waals surface area contributed by atoms with Crippen molar-refractivity contribution in [2.45, 2.75) is 46.1 Å². The van der Waals surface area contributed by atoms with Crippen molar-refractivity contribution in [2.75, 3.05) is 13.1 Å². The minimum absolute atomic E-state index is 0.0835. The summed E-state index contributed by atoms with van der Waals surface area (Å²) in [5.74, 6) is -0.206. The Bertz CT molecular complexity index is 1100. The van der Waals surface area contributed by atoms with Gasteiger partial charge in [0, 0.05) is 35.1 Å². The van der Waals surface area contributed by atoms with Crippen LogP contribution in [-0.2, 0) is 4.79 Å². The largest absolute Gasteiger partial charge is 0.356 e. The fraction of sp³-hybridized carbons (Fsp3) is 0.360. The maximum Gasteiger partial charge on any atom is 0.255 e. The van der Waals surface area contributed by atoms with Crippen LogP contribution in [0.1, 0.15) is 60.8 Å². The van der Waals surface area contributed by atoms with Crippen LogP contribution in [-0.4, -0.2) is 34.8 Å². The summed E-state index contributed by atoms with van der Waals surface area (Å²) in [6.07, 6.45) is 2.70. The predicted molar refractivity (Wildman–Crippen MR) is 120 cm³/mol. The Morgan fingerprint density at radius 3 is 2.67 bits per heavy atom. The molecule has 2 amide bonds. The number of unbranched alkanes of at least 4 members (excludes halogenated alkanes) is 1. The van der Waals surface area contributed by atoms with Crippen LogP contribution in [0.2, 0.25) is 0 Å². The first-order valence-corrected chi connectivity index (χ1v) is 10.9. The highest BCUT2D eigenvalue weighted by Crippen LogP contribution is 2.43. The molecule has 0 fully saturated rings. The second kappa shape index (κ2) is 8.34. The number of aromatic amines is 1. The van der Waals surface area contributed by atoms with Gasteiger partial charge >= 0.3 is 0 Å². The van der Waals surface area contributed by atoms with E-state index in [1.54, 1.807) is 4.90 Å². The Labute approximate surface area is 177 Å². The minimum atomic E-state index is -0.676. The van der Waals surface area contributed by atoms with Crippen LogP contribution in [0.4, 0.5) is 0 Å². The first-order valence-electron chi connectivity index (χ1n) is 10.9. The molecule has 5 heteroatoms. The van der Waals surface area contributed by atoms with Crippen LogP contribution >= 0.6 is 0 Å². The number of hydrogen-bond acceptors (Lipinski definition) is 2. The number of para-hydroxylation sites is 1. The monoisotopic (exact) mass is 403 g/mol. The van der Waals surface area contributed by atoms with Crippen molar-refractivity contribution in [1.82, 2.24) is 15.2 Å². The second-order valence-electron chi connectivity index (χ2n) is 8.05. The summed E-state index contributed by atoms with van der Waals surface area (Å²) in [4.78, 5) is 32.3. The van der Waals surface area contributed by atoms with Crippen LogP contribution < -0.4 is 5.32 Å². The number of carbonyl (C=O) groups is 2. The number of hydrogen-bond donors (Lipinski definition) is 2. The van der Waals surface area contributed by atoms with Crippen LogP contribution in [0.5, 0.6) is 0 Å². The zero-order valence-electron chi connectivity index (χ0n) is 17.9. The van der Waals surface area contributed by atoms with Crippen LogP contribution in [0.15, 0.2) is 42.5 Å². The van der Waals surface area contributed by atoms with E-state index in [9.17, 15) is 9.59 Å². The molecule has 1 unspecified atom stereocenters. The van der Waals surface area contributed by atoms with E-state index in [-0.39, 0.29) is 11.8 Å². The smallest absolute Gasteiger partial charge is 0.255 e. The van der Waals surface area contributed by atoms with Gasteiger partial charge in [-0.15, -0.1) is 0 Å². The lowest BCUT2D eigenvalue weighted by Gasteiger charge is -2.29. The first-order chi connectivity index (χ1) is 14.6. The van der Waals surface area contributed by atoms with Crippen molar-refractivity contribution < 1.29 is 9.59 Å². The second-order valence-corrected chi connectivity index (χ2v) is 8.05. The van der Waals surface area contributed by atoms with Crippen molar-refractivity contribution in [3.63, 3.8) is 0 Å². The topological polar surface area (TPSA) is 65.2 Å². The number of rotatable bonds is 6. The number of carbonyl (C=O) groups excluding carboxylic acids is 2. The predicted octanol–water partition coefficient (Wildman–Crippen LogP) is 4.97. The third-order valence-electron chi connectivity index (χ3n) is 5.80. The van der Waals surface area contributed by atoms with E-state index >= 15 is 0 Å². The third kappa shape index (κ3) is 3.38. The van der Waals surface area contributed by atoms with Crippen molar-refractivity contribution in [2.24, 2.45) is 0 Å². The Morgan fingerprint density at radius 1 is 1.10 bits per heavy atom. The highest BCUT2D eigenvalue weighted by molar-refractivity contribution is 6.11. The molecule has 0 saturated carbocycles. The molecule has 2 heterocycles. The number of aryl methyl sites for hydroxylation is 1. The molecular formula is C25H29N3O2. The van der Waals surface area contributed by atoms with E-state index in [2.05, 4.69) is 23.3 Å². The molecule has 1 atom stereocenters. The molecule has 0 spiro atoms. The molecule has 2 aromatic carbocycles. The molecule has 1 aliphatic rings. The molecule has 5 nitrogen and oxygen atoms in total. The van der Waals surface area contributed by atoms with Crippen LogP contribution in [0.25, 0.3) is 22.0 Å². The summed E-state index contributed by atoms with van der Waals surface area (Å²) >= 11 is 0. The maximum atomic E-state index is 13.7. The number of nitrogens with one attached hydrogen (secondary N) is 2. The standard InChI is InChI=1S/C25H29N3O2/c1-4-6-13-26-24(29)23-22-21(18-9-7-8-10-20(18)27-22)17-12-11-16(3)15-19(17)25(30)28(23)14-5-2/h7-12,15,23,27H,4-6,13-14H2,1-3H3,(H,26,29). The molecule has 0 saturated heterocycles. The molecule has 2 N–H and O–H groups in total. The highest BCUT2D eigenvalue weighted by atomic mass is 16.2. The summed E-state index contributed by atoms with van der Waals surface area (Å²) in [7, 11) is 0. The van der Waals surface area contributed by atoms with Gasteiger partial charge in [-0.2, -0.15) is 0 Å². The fourth-order valence-corrected chi connectivity index (χ4v) is 4.37. The number of benzene rings is 2. The van der Waals surface area contributed by atoms with Gasteiger partial charge in [-0.1, -0.05) is 56.2 Å². The van der Waals surface area contributed by atoms with E-state index in [1.165, 1.54) is 0 Å². The quantitative estimate of drug-likeness (QED) is 0.571. The van der Waals surface area contributed by atoms with Crippen LogP contribution in [0.3, 0.4) is 0 Å². The lowest BCUT2D eigenvalue weighted by molar-refractivity contribution is -0.126. The van der Waals surface area contributed by atoms with E-state index in [0.29, 0.717) is 18.7 Å². The van der Waals surface area contributed by atoms with E-state index in [1.807, 2.05) is 50.2 Å². The maximum absolute atomic E-state index is 13.7. The van der Waals surface area contributed by atoms with Gasteiger partial charge in [0.05, 0.1) is 5.69 Å². The summed E-state index contributed by atoms with van der Waals surface area (Å²) in [5.41, 5.74) is 5.33. The molecule has 0 radical (unpaired) electrons. The number of fused-ring (bicyclic) bond motifs is 5. The Balaban J connectivity index is 1.97. The van der Waals surface area contributed by atoms with Gasteiger partial charge in [0.1, 0.15) is 0 Å². The average molecular weight is 404 g/mol. The molecule has 0 bridgehead atoms. The number of nitrogens with zero attached hydrogens (tertiary/aromatic N) is 1. The Hall–Kier alpha value is -3.08. The fourth-order valence-electron chi connectivity index (χ4n) is 4.37. The number of aromatic nitrogens is 1. The molecule has 1 aliphatic heterocycles. The minimum Gasteiger partial charge on any atom is -0.356 e. The molecule has 4 rings (SSSR count). The Kier molecular flexibility index (Phi) is 5.62. The van der Waals surface area contributed by atoms with Crippen molar-refractivity contribution >= 4 is 22.7 Å². The lowest BCUT2D eigenvalue weighted by Crippen LogP contribution is -2.44. The zero-order valence-corrected chi connectivity index (χ0v) is 17.9. The van der Waals surface area contributed by atoms with Gasteiger partial charge in [-0.05, 0) is 37.5 Å². The number of H-pyrrole nitrogens is 1. The van der Waals surface area contributed by atoms with Crippen molar-refractivity contribution in [3.8, 4) is 11.1 Å². The highest BCUT2D eigenvalue weighted by Gasteiger charge is 2.39. The van der Waals surface area contributed by atoms with Gasteiger partial charge in [0.2, 0.25) is 5.91 Å². The van der Waals surface area contributed by atoms with Crippen molar-refractivity contribution in [1.29, 1.82) is 0 Å².